The molecule has 1 saturated carbocycles. The van der Waals surface area contributed by atoms with Gasteiger partial charge in [0.1, 0.15) is 6.20 Å². The van der Waals surface area contributed by atoms with Gasteiger partial charge in [-0.3, -0.25) is 10.1 Å². The van der Waals surface area contributed by atoms with E-state index in [4.69, 9.17) is 5.73 Å². The molecular formula is C8H12N4O2. The first-order valence-corrected chi connectivity index (χ1v) is 4.67. The second kappa shape index (κ2) is 3.28. The van der Waals surface area contributed by atoms with E-state index in [1.165, 1.54) is 6.20 Å². The van der Waals surface area contributed by atoms with Crippen LogP contribution in [0.5, 0.6) is 0 Å². The van der Waals surface area contributed by atoms with Crippen molar-refractivity contribution in [1.29, 1.82) is 0 Å². The number of aromatic nitrogens is 2. The molecule has 0 aromatic carbocycles. The monoisotopic (exact) mass is 196 g/mol. The highest BCUT2D eigenvalue weighted by atomic mass is 16.6. The van der Waals surface area contributed by atoms with Gasteiger partial charge in [0, 0.05) is 0 Å². The van der Waals surface area contributed by atoms with Gasteiger partial charge in [0.25, 0.3) is 0 Å². The van der Waals surface area contributed by atoms with Crippen LogP contribution in [0.4, 0.5) is 11.5 Å². The fourth-order valence-corrected chi connectivity index (χ4v) is 1.94. The maximum absolute atomic E-state index is 10.5. The Morgan fingerprint density at radius 1 is 1.57 bits per heavy atom. The first-order chi connectivity index (χ1) is 6.70. The van der Waals surface area contributed by atoms with E-state index in [-0.39, 0.29) is 17.5 Å². The van der Waals surface area contributed by atoms with Crippen LogP contribution in [0, 0.1) is 10.1 Å². The normalized spacial score (nSPS) is 17.4. The average molecular weight is 196 g/mol. The minimum absolute atomic E-state index is 0.0862. The largest absolute Gasteiger partial charge is 0.378 e. The number of nitrogens with two attached hydrogens (primary N) is 1. The fourth-order valence-electron chi connectivity index (χ4n) is 1.94. The van der Waals surface area contributed by atoms with Crippen LogP contribution in [0.3, 0.4) is 0 Å². The standard InChI is InChI=1S/C8H12N4O2/c9-8-7(12(13)14)5-10-11(8)6-3-1-2-4-6/h5-6H,1-4,9H2. The highest BCUT2D eigenvalue weighted by Gasteiger charge is 2.24. The minimum Gasteiger partial charge on any atom is -0.378 e. The Hall–Kier alpha value is -1.59. The molecule has 2 N–H and O–H groups in total. The zero-order chi connectivity index (χ0) is 10.1. The quantitative estimate of drug-likeness (QED) is 0.573. The summed E-state index contributed by atoms with van der Waals surface area (Å²) < 4.78 is 1.59. The molecule has 0 radical (unpaired) electrons. The summed E-state index contributed by atoms with van der Waals surface area (Å²) in [5.74, 6) is 0.182. The van der Waals surface area contributed by atoms with E-state index in [1.54, 1.807) is 4.68 Å². The summed E-state index contributed by atoms with van der Waals surface area (Å²) in [7, 11) is 0. The van der Waals surface area contributed by atoms with Gasteiger partial charge in [0.15, 0.2) is 0 Å². The van der Waals surface area contributed by atoms with Crippen molar-refractivity contribution in [1.82, 2.24) is 9.78 Å². The molecule has 0 saturated heterocycles. The SMILES string of the molecule is Nc1c([N+](=O)[O-])cnn1C1CCCC1. The van der Waals surface area contributed by atoms with Gasteiger partial charge < -0.3 is 5.73 Å². The van der Waals surface area contributed by atoms with Crippen molar-refractivity contribution in [3.05, 3.63) is 16.3 Å². The molecule has 14 heavy (non-hydrogen) atoms. The van der Waals surface area contributed by atoms with Gasteiger partial charge in [0.2, 0.25) is 5.82 Å². The lowest BCUT2D eigenvalue weighted by molar-refractivity contribution is -0.384. The van der Waals surface area contributed by atoms with E-state index in [0.29, 0.717) is 0 Å². The number of nitrogen functional groups attached to an aromatic ring is 1. The van der Waals surface area contributed by atoms with Crippen molar-refractivity contribution in [2.75, 3.05) is 5.73 Å². The van der Waals surface area contributed by atoms with Crippen LogP contribution >= 0.6 is 0 Å². The van der Waals surface area contributed by atoms with Crippen LogP contribution in [0.25, 0.3) is 0 Å². The van der Waals surface area contributed by atoms with Gasteiger partial charge in [-0.05, 0) is 12.8 Å². The van der Waals surface area contributed by atoms with E-state index in [0.717, 1.165) is 25.7 Å². The smallest absolute Gasteiger partial charge is 0.330 e. The summed E-state index contributed by atoms with van der Waals surface area (Å²) in [6.07, 6.45) is 5.56. The van der Waals surface area contributed by atoms with E-state index in [2.05, 4.69) is 5.10 Å². The molecular weight excluding hydrogens is 184 g/mol. The molecule has 2 rings (SSSR count). The third kappa shape index (κ3) is 1.32. The average Bonchev–Trinajstić information content (AvgIpc) is 2.71. The van der Waals surface area contributed by atoms with Gasteiger partial charge in [-0.15, -0.1) is 0 Å². The van der Waals surface area contributed by atoms with E-state index in [1.807, 2.05) is 0 Å². The number of nitro groups is 1. The highest BCUT2D eigenvalue weighted by molar-refractivity contribution is 5.51. The van der Waals surface area contributed by atoms with Gasteiger partial charge >= 0.3 is 5.69 Å². The molecule has 0 atom stereocenters. The summed E-state index contributed by atoms with van der Waals surface area (Å²) in [5.41, 5.74) is 5.56. The molecule has 0 amide bonds. The minimum atomic E-state index is -0.492. The van der Waals surface area contributed by atoms with E-state index in [9.17, 15) is 10.1 Å². The number of nitrogens with zero attached hydrogens (tertiary/aromatic N) is 3. The summed E-state index contributed by atoms with van der Waals surface area (Å²) in [5, 5.41) is 14.5. The molecule has 1 aliphatic carbocycles. The fraction of sp³-hybridized carbons (Fsp3) is 0.625. The van der Waals surface area contributed by atoms with Crippen LogP contribution in [0.1, 0.15) is 31.7 Å². The number of hydrogen-bond acceptors (Lipinski definition) is 4. The van der Waals surface area contributed by atoms with Crippen molar-refractivity contribution in [3.8, 4) is 0 Å². The second-order valence-corrected chi connectivity index (χ2v) is 3.56. The molecule has 1 aliphatic rings. The molecule has 76 valence electrons. The predicted molar refractivity (Wildman–Crippen MR) is 50.8 cm³/mol. The van der Waals surface area contributed by atoms with Crippen LogP contribution in [-0.4, -0.2) is 14.7 Å². The number of rotatable bonds is 2. The lowest BCUT2D eigenvalue weighted by Gasteiger charge is -2.10. The van der Waals surface area contributed by atoms with E-state index >= 15 is 0 Å². The Bertz CT molecular complexity index is 354. The Labute approximate surface area is 80.9 Å². The summed E-state index contributed by atoms with van der Waals surface area (Å²) in [6, 6.07) is 0.253. The zero-order valence-electron chi connectivity index (χ0n) is 7.72. The number of anilines is 1. The molecule has 0 bridgehead atoms. The lowest BCUT2D eigenvalue weighted by Crippen LogP contribution is -2.10. The molecule has 6 heteroatoms. The van der Waals surface area contributed by atoms with Gasteiger partial charge in [-0.1, -0.05) is 12.8 Å². The first-order valence-electron chi connectivity index (χ1n) is 4.67. The maximum Gasteiger partial charge on any atom is 0.330 e. The Balaban J connectivity index is 2.30. The summed E-state index contributed by atoms with van der Waals surface area (Å²) in [6.45, 7) is 0. The predicted octanol–water partition coefficient (Wildman–Crippen LogP) is 1.49. The Morgan fingerprint density at radius 3 is 2.71 bits per heavy atom. The van der Waals surface area contributed by atoms with Crippen LogP contribution in [0.2, 0.25) is 0 Å². The maximum atomic E-state index is 10.5. The number of hydrogen-bond donors (Lipinski definition) is 1. The molecule has 1 aromatic rings. The second-order valence-electron chi connectivity index (χ2n) is 3.56. The van der Waals surface area contributed by atoms with Crippen molar-refractivity contribution in [2.45, 2.75) is 31.7 Å². The topological polar surface area (TPSA) is 87.0 Å². The van der Waals surface area contributed by atoms with Gasteiger partial charge in [0.05, 0.1) is 11.0 Å². The first kappa shape index (κ1) is 8.98. The molecule has 1 heterocycles. The molecule has 6 nitrogen and oxygen atoms in total. The van der Waals surface area contributed by atoms with Crippen molar-refractivity contribution >= 4 is 11.5 Å². The van der Waals surface area contributed by atoms with Crippen molar-refractivity contribution < 1.29 is 4.92 Å². The molecule has 0 unspecified atom stereocenters. The van der Waals surface area contributed by atoms with E-state index < -0.39 is 4.92 Å². The zero-order valence-corrected chi connectivity index (χ0v) is 7.72. The summed E-state index contributed by atoms with van der Waals surface area (Å²) >= 11 is 0. The van der Waals surface area contributed by atoms with Gasteiger partial charge in [-0.2, -0.15) is 5.10 Å². The molecule has 0 aliphatic heterocycles. The van der Waals surface area contributed by atoms with Crippen molar-refractivity contribution in [2.24, 2.45) is 0 Å². The Kier molecular flexibility index (Phi) is 2.11. The third-order valence-electron chi connectivity index (χ3n) is 2.68. The molecule has 1 fully saturated rings. The van der Waals surface area contributed by atoms with Crippen LogP contribution < -0.4 is 5.73 Å². The highest BCUT2D eigenvalue weighted by Crippen LogP contribution is 2.33. The molecule has 0 spiro atoms. The van der Waals surface area contributed by atoms with Gasteiger partial charge in [-0.25, -0.2) is 4.68 Å². The molecule has 1 aromatic heterocycles. The third-order valence-corrected chi connectivity index (χ3v) is 2.68. The summed E-state index contributed by atoms with van der Waals surface area (Å²) in [4.78, 5) is 10.0. The Morgan fingerprint density at radius 2 is 2.21 bits per heavy atom. The van der Waals surface area contributed by atoms with Crippen molar-refractivity contribution in [3.63, 3.8) is 0 Å². The van der Waals surface area contributed by atoms with Crippen LogP contribution in [0.15, 0.2) is 6.20 Å². The van der Waals surface area contributed by atoms with Crippen LogP contribution in [-0.2, 0) is 0 Å². The lowest BCUT2D eigenvalue weighted by atomic mass is 10.2.